The maximum atomic E-state index is 13.5. The van der Waals surface area contributed by atoms with E-state index < -0.39 is 11.7 Å². The lowest BCUT2D eigenvalue weighted by Gasteiger charge is -2.39. The maximum Gasteiger partial charge on any atom is 0.275 e. The Morgan fingerprint density at radius 3 is 2.80 bits per heavy atom. The summed E-state index contributed by atoms with van der Waals surface area (Å²) in [6, 6.07) is -0.126. The van der Waals surface area contributed by atoms with Gasteiger partial charge < -0.3 is 15.1 Å². The van der Waals surface area contributed by atoms with Crippen LogP contribution >= 0.6 is 0 Å². The van der Waals surface area contributed by atoms with E-state index in [2.05, 4.69) is 15.5 Å². The van der Waals surface area contributed by atoms with Gasteiger partial charge in [-0.25, -0.2) is 4.39 Å². The molecule has 1 aromatic heterocycles. The Labute approximate surface area is 144 Å². The fourth-order valence-corrected chi connectivity index (χ4v) is 3.40. The standard InChI is InChI=1S/C16H22FN5O3/c1-10-9-21(14(24)5-3-11-2-4-13(23)19-11)6-7-22(10)16(25)15-12(17)8-18-20-15/h8,10-11H,2-7,9H2,1H3,(H,18,20)(H,19,23). The molecule has 2 aliphatic rings. The average molecular weight is 351 g/mol. The summed E-state index contributed by atoms with van der Waals surface area (Å²) in [5.74, 6) is -1.05. The van der Waals surface area contributed by atoms with E-state index in [1.54, 1.807) is 9.80 Å². The van der Waals surface area contributed by atoms with Crippen molar-refractivity contribution in [3.05, 3.63) is 17.7 Å². The van der Waals surface area contributed by atoms with Crippen LogP contribution < -0.4 is 5.32 Å². The van der Waals surface area contributed by atoms with Crippen LogP contribution in [-0.2, 0) is 9.59 Å². The molecular formula is C16H22FN5O3. The molecule has 2 N–H and O–H groups in total. The first-order valence-electron chi connectivity index (χ1n) is 8.52. The van der Waals surface area contributed by atoms with Crippen molar-refractivity contribution in [2.24, 2.45) is 0 Å². The van der Waals surface area contributed by atoms with Crippen molar-refractivity contribution in [3.8, 4) is 0 Å². The highest BCUT2D eigenvalue weighted by Gasteiger charge is 2.32. The van der Waals surface area contributed by atoms with Gasteiger partial charge in [0.15, 0.2) is 11.5 Å². The number of nitrogens with zero attached hydrogens (tertiary/aromatic N) is 3. The van der Waals surface area contributed by atoms with Gasteiger partial charge in [0.1, 0.15) is 0 Å². The first-order valence-corrected chi connectivity index (χ1v) is 8.52. The molecule has 0 saturated carbocycles. The lowest BCUT2D eigenvalue weighted by atomic mass is 10.1. The molecule has 0 aromatic carbocycles. The van der Waals surface area contributed by atoms with Crippen molar-refractivity contribution in [1.29, 1.82) is 0 Å². The molecule has 3 rings (SSSR count). The molecule has 0 radical (unpaired) electrons. The zero-order valence-electron chi connectivity index (χ0n) is 14.1. The van der Waals surface area contributed by atoms with Crippen molar-refractivity contribution < 1.29 is 18.8 Å². The predicted octanol–water partition coefficient (Wildman–Crippen LogP) is 0.281. The Morgan fingerprint density at radius 1 is 1.40 bits per heavy atom. The van der Waals surface area contributed by atoms with Gasteiger partial charge in [0.25, 0.3) is 5.91 Å². The van der Waals surface area contributed by atoms with E-state index in [9.17, 15) is 18.8 Å². The van der Waals surface area contributed by atoms with Crippen LogP contribution in [0.15, 0.2) is 6.20 Å². The second-order valence-corrected chi connectivity index (χ2v) is 6.62. The topological polar surface area (TPSA) is 98.4 Å². The Bertz CT molecular complexity index is 676. The third-order valence-corrected chi connectivity index (χ3v) is 4.84. The minimum absolute atomic E-state index is 0.0211. The third kappa shape index (κ3) is 3.80. The van der Waals surface area contributed by atoms with Gasteiger partial charge in [-0.3, -0.25) is 19.5 Å². The number of amides is 3. The van der Waals surface area contributed by atoms with Gasteiger partial charge in [-0.05, 0) is 19.8 Å². The van der Waals surface area contributed by atoms with E-state index in [-0.39, 0.29) is 29.6 Å². The molecule has 2 unspecified atom stereocenters. The Morgan fingerprint density at radius 2 is 2.20 bits per heavy atom. The highest BCUT2D eigenvalue weighted by molar-refractivity contribution is 5.93. The largest absolute Gasteiger partial charge is 0.353 e. The second kappa shape index (κ2) is 7.20. The van der Waals surface area contributed by atoms with Gasteiger partial charge in [-0.1, -0.05) is 0 Å². The van der Waals surface area contributed by atoms with Crippen molar-refractivity contribution in [2.45, 2.75) is 44.7 Å². The number of rotatable bonds is 4. The van der Waals surface area contributed by atoms with Gasteiger partial charge in [0.05, 0.1) is 6.20 Å². The zero-order chi connectivity index (χ0) is 18.0. The van der Waals surface area contributed by atoms with Crippen molar-refractivity contribution in [3.63, 3.8) is 0 Å². The zero-order valence-corrected chi connectivity index (χ0v) is 14.1. The van der Waals surface area contributed by atoms with Crippen LogP contribution in [-0.4, -0.2) is 69.4 Å². The molecule has 3 heterocycles. The molecule has 9 heteroatoms. The molecule has 3 amide bonds. The number of halogens is 1. The quantitative estimate of drug-likeness (QED) is 0.814. The summed E-state index contributed by atoms with van der Waals surface area (Å²) in [5, 5.41) is 8.77. The summed E-state index contributed by atoms with van der Waals surface area (Å²) in [5.41, 5.74) is -0.149. The van der Waals surface area contributed by atoms with Crippen molar-refractivity contribution in [2.75, 3.05) is 19.6 Å². The number of nitrogens with one attached hydrogen (secondary N) is 2. The Hall–Kier alpha value is -2.45. The monoisotopic (exact) mass is 351 g/mol. The van der Waals surface area contributed by atoms with Crippen LogP contribution in [0.1, 0.15) is 43.1 Å². The predicted molar refractivity (Wildman–Crippen MR) is 86.0 cm³/mol. The van der Waals surface area contributed by atoms with Crippen LogP contribution in [0.4, 0.5) is 4.39 Å². The molecule has 2 saturated heterocycles. The molecular weight excluding hydrogens is 329 g/mol. The van der Waals surface area contributed by atoms with Crippen molar-refractivity contribution >= 4 is 17.7 Å². The Kier molecular flexibility index (Phi) is 5.00. The molecule has 2 fully saturated rings. The van der Waals surface area contributed by atoms with Gasteiger partial charge in [0, 0.05) is 44.6 Å². The Balaban J connectivity index is 1.51. The highest BCUT2D eigenvalue weighted by Crippen LogP contribution is 2.17. The first-order chi connectivity index (χ1) is 12.0. The number of hydrogen-bond acceptors (Lipinski definition) is 4. The summed E-state index contributed by atoms with van der Waals surface area (Å²) in [6.07, 6.45) is 3.29. The minimum atomic E-state index is -0.672. The first kappa shape index (κ1) is 17.4. The van der Waals surface area contributed by atoms with Gasteiger partial charge in [0.2, 0.25) is 11.8 Å². The van der Waals surface area contributed by atoms with E-state index in [0.717, 1.165) is 12.6 Å². The molecule has 0 aliphatic carbocycles. The number of carbonyl (C=O) groups excluding carboxylic acids is 3. The van der Waals surface area contributed by atoms with Crippen LogP contribution in [0.5, 0.6) is 0 Å². The summed E-state index contributed by atoms with van der Waals surface area (Å²) < 4.78 is 13.5. The highest BCUT2D eigenvalue weighted by atomic mass is 19.1. The summed E-state index contributed by atoms with van der Waals surface area (Å²) in [4.78, 5) is 39.2. The number of hydrogen-bond donors (Lipinski definition) is 2. The van der Waals surface area contributed by atoms with E-state index in [1.165, 1.54) is 0 Å². The van der Waals surface area contributed by atoms with E-state index in [1.807, 2.05) is 6.92 Å². The van der Waals surface area contributed by atoms with Gasteiger partial charge in [-0.15, -0.1) is 0 Å². The number of H-pyrrole nitrogens is 1. The minimum Gasteiger partial charge on any atom is -0.353 e. The summed E-state index contributed by atoms with van der Waals surface area (Å²) in [7, 11) is 0. The van der Waals surface area contributed by atoms with Gasteiger partial charge in [-0.2, -0.15) is 5.10 Å². The fourth-order valence-electron chi connectivity index (χ4n) is 3.40. The van der Waals surface area contributed by atoms with Crippen LogP contribution in [0.3, 0.4) is 0 Å². The fraction of sp³-hybridized carbons (Fsp3) is 0.625. The van der Waals surface area contributed by atoms with Crippen LogP contribution in [0, 0.1) is 5.82 Å². The molecule has 2 atom stereocenters. The lowest BCUT2D eigenvalue weighted by molar-refractivity contribution is -0.134. The summed E-state index contributed by atoms with van der Waals surface area (Å²) in [6.45, 7) is 3.02. The average Bonchev–Trinajstić information content (AvgIpc) is 3.20. The molecule has 0 spiro atoms. The van der Waals surface area contributed by atoms with Gasteiger partial charge >= 0.3 is 0 Å². The maximum absolute atomic E-state index is 13.5. The number of aromatic nitrogens is 2. The summed E-state index contributed by atoms with van der Waals surface area (Å²) >= 11 is 0. The van der Waals surface area contributed by atoms with E-state index in [0.29, 0.717) is 38.9 Å². The molecule has 0 bridgehead atoms. The molecule has 25 heavy (non-hydrogen) atoms. The van der Waals surface area contributed by atoms with E-state index in [4.69, 9.17) is 0 Å². The lowest BCUT2D eigenvalue weighted by Crippen LogP contribution is -2.55. The second-order valence-electron chi connectivity index (χ2n) is 6.62. The van der Waals surface area contributed by atoms with Crippen LogP contribution in [0.25, 0.3) is 0 Å². The number of carbonyl (C=O) groups is 3. The molecule has 136 valence electrons. The number of aromatic amines is 1. The number of piperazine rings is 1. The van der Waals surface area contributed by atoms with E-state index >= 15 is 0 Å². The van der Waals surface area contributed by atoms with Crippen molar-refractivity contribution in [1.82, 2.24) is 25.3 Å². The normalized spacial score (nSPS) is 23.7. The molecule has 1 aromatic rings. The smallest absolute Gasteiger partial charge is 0.275 e. The third-order valence-electron chi connectivity index (χ3n) is 4.84. The molecule has 8 nitrogen and oxygen atoms in total. The molecule has 2 aliphatic heterocycles. The van der Waals surface area contributed by atoms with Crippen LogP contribution in [0.2, 0.25) is 0 Å². The SMILES string of the molecule is CC1CN(C(=O)CCC2CCC(=O)N2)CCN1C(=O)c1[nH]ncc1F.